The summed E-state index contributed by atoms with van der Waals surface area (Å²) in [4.78, 5) is 17.5. The molecule has 0 unspecified atom stereocenters. The van der Waals surface area contributed by atoms with Gasteiger partial charge in [0.25, 0.3) is 5.91 Å². The van der Waals surface area contributed by atoms with E-state index in [1.807, 2.05) is 61.0 Å². The fraction of sp³-hybridized carbons (Fsp3) is 0.292. The number of benzene rings is 2. The Kier molecular flexibility index (Phi) is 7.63. The molecule has 0 bridgehead atoms. The molecule has 0 aliphatic rings. The van der Waals surface area contributed by atoms with Crippen molar-refractivity contribution in [3.05, 3.63) is 81.1 Å². The van der Waals surface area contributed by atoms with E-state index in [9.17, 15) is 4.79 Å². The third kappa shape index (κ3) is 6.04. The number of anilines is 1. The summed E-state index contributed by atoms with van der Waals surface area (Å²) in [5.41, 5.74) is 5.87. The summed E-state index contributed by atoms with van der Waals surface area (Å²) < 4.78 is 2.95. The van der Waals surface area contributed by atoms with Crippen molar-refractivity contribution in [1.29, 1.82) is 0 Å². The highest BCUT2D eigenvalue weighted by Crippen LogP contribution is 2.16. The molecule has 3 rings (SSSR count). The van der Waals surface area contributed by atoms with Crippen LogP contribution < -0.4 is 10.6 Å². The smallest absolute Gasteiger partial charge is 0.257 e. The molecule has 0 saturated heterocycles. The maximum atomic E-state index is 12.8. The molecule has 0 fully saturated rings. The fourth-order valence-corrected chi connectivity index (χ4v) is 3.86. The quantitative estimate of drug-likeness (QED) is 0.383. The normalized spacial score (nSPS) is 11.5. The minimum absolute atomic E-state index is 0.198. The van der Waals surface area contributed by atoms with Crippen molar-refractivity contribution in [2.75, 3.05) is 11.9 Å². The first-order valence-electron chi connectivity index (χ1n) is 10.3. The van der Waals surface area contributed by atoms with E-state index >= 15 is 0 Å². The van der Waals surface area contributed by atoms with Crippen LogP contribution in [0.3, 0.4) is 0 Å². The lowest BCUT2D eigenvalue weighted by atomic mass is 10.1. The summed E-state index contributed by atoms with van der Waals surface area (Å²) in [5.74, 6) is 0.221. The van der Waals surface area contributed by atoms with Gasteiger partial charge in [0.1, 0.15) is 0 Å². The molecular formula is C24H28BrN5O. The Hall–Kier alpha value is -2.93. The molecule has 6 nitrogen and oxygen atoms in total. The Morgan fingerprint density at radius 2 is 1.90 bits per heavy atom. The van der Waals surface area contributed by atoms with Crippen molar-refractivity contribution in [1.82, 2.24) is 15.1 Å². The van der Waals surface area contributed by atoms with E-state index in [4.69, 9.17) is 0 Å². The molecule has 31 heavy (non-hydrogen) atoms. The van der Waals surface area contributed by atoms with Crippen molar-refractivity contribution in [3.8, 4) is 0 Å². The molecule has 0 atom stereocenters. The molecule has 1 aromatic heterocycles. The first-order valence-corrected chi connectivity index (χ1v) is 11.1. The number of amides is 1. The molecule has 0 saturated carbocycles. The number of hydrogen-bond acceptors (Lipinski definition) is 3. The van der Waals surface area contributed by atoms with Crippen molar-refractivity contribution in [2.45, 2.75) is 40.7 Å². The fourth-order valence-electron chi connectivity index (χ4n) is 3.46. The van der Waals surface area contributed by atoms with Crippen LogP contribution in [0, 0.1) is 20.8 Å². The van der Waals surface area contributed by atoms with Crippen molar-refractivity contribution < 1.29 is 4.79 Å². The molecule has 1 heterocycles. The summed E-state index contributed by atoms with van der Waals surface area (Å²) in [6.45, 7) is 9.54. The topological polar surface area (TPSA) is 71.3 Å². The third-order valence-corrected chi connectivity index (χ3v) is 5.56. The molecule has 2 N–H and O–H groups in total. The van der Waals surface area contributed by atoms with Gasteiger partial charge in [0.2, 0.25) is 5.96 Å². The summed E-state index contributed by atoms with van der Waals surface area (Å²) >= 11 is 3.48. The highest BCUT2D eigenvalue weighted by atomic mass is 79.9. The van der Waals surface area contributed by atoms with Crippen molar-refractivity contribution in [3.63, 3.8) is 0 Å². The number of nitrogens with zero attached hydrogens (tertiary/aromatic N) is 3. The molecular weight excluding hydrogens is 454 g/mol. The van der Waals surface area contributed by atoms with E-state index < -0.39 is 0 Å². The van der Waals surface area contributed by atoms with E-state index in [0.29, 0.717) is 18.1 Å². The van der Waals surface area contributed by atoms with Gasteiger partial charge >= 0.3 is 0 Å². The van der Waals surface area contributed by atoms with Gasteiger partial charge in [0.05, 0.1) is 5.69 Å². The van der Waals surface area contributed by atoms with E-state index in [2.05, 4.69) is 50.5 Å². The molecule has 0 aliphatic carbocycles. The Morgan fingerprint density at radius 3 is 2.58 bits per heavy atom. The van der Waals surface area contributed by atoms with E-state index in [1.54, 1.807) is 6.07 Å². The van der Waals surface area contributed by atoms with Gasteiger partial charge < -0.3 is 5.32 Å². The Labute approximate surface area is 191 Å². The maximum absolute atomic E-state index is 12.8. The molecule has 2 aromatic carbocycles. The van der Waals surface area contributed by atoms with E-state index in [-0.39, 0.29) is 5.91 Å². The molecule has 1 amide bonds. The van der Waals surface area contributed by atoms with Crippen LogP contribution in [0.15, 0.2) is 58.0 Å². The zero-order chi connectivity index (χ0) is 22.4. The first kappa shape index (κ1) is 22.7. The minimum Gasteiger partial charge on any atom is -0.326 e. The highest BCUT2D eigenvalue weighted by molar-refractivity contribution is 9.10. The number of guanidine groups is 1. The zero-order valence-corrected chi connectivity index (χ0v) is 20.0. The van der Waals surface area contributed by atoms with Gasteiger partial charge in [-0.3, -0.25) is 19.8 Å². The number of aromatic nitrogens is 2. The highest BCUT2D eigenvalue weighted by Gasteiger charge is 2.12. The number of nitrogens with one attached hydrogen (secondary N) is 2. The third-order valence-electron chi connectivity index (χ3n) is 5.06. The van der Waals surface area contributed by atoms with Crippen LogP contribution in [0.4, 0.5) is 5.69 Å². The summed E-state index contributed by atoms with van der Waals surface area (Å²) in [7, 11) is 0. The molecule has 7 heteroatoms. The second kappa shape index (κ2) is 10.4. The number of halogens is 1. The number of carbonyl (C=O) groups is 1. The van der Waals surface area contributed by atoms with Gasteiger partial charge in [-0.05, 0) is 70.0 Å². The van der Waals surface area contributed by atoms with Gasteiger partial charge in [-0.1, -0.05) is 39.7 Å². The lowest BCUT2D eigenvalue weighted by Crippen LogP contribution is -2.36. The van der Waals surface area contributed by atoms with Gasteiger partial charge in [-0.25, -0.2) is 0 Å². The van der Waals surface area contributed by atoms with Crippen LogP contribution in [0.2, 0.25) is 0 Å². The van der Waals surface area contributed by atoms with Crippen molar-refractivity contribution >= 4 is 33.5 Å². The average Bonchev–Trinajstić information content (AvgIpc) is 3.01. The van der Waals surface area contributed by atoms with Gasteiger partial charge in [-0.15, -0.1) is 0 Å². The number of rotatable bonds is 6. The first-order chi connectivity index (χ1) is 14.9. The Bertz CT molecular complexity index is 1100. The average molecular weight is 482 g/mol. The minimum atomic E-state index is -0.198. The van der Waals surface area contributed by atoms with Gasteiger partial charge in [0, 0.05) is 34.5 Å². The number of aryl methyl sites for hydroxylation is 3. The Balaban J connectivity index is 1.79. The Morgan fingerprint density at radius 1 is 1.13 bits per heavy atom. The van der Waals surface area contributed by atoms with Crippen LogP contribution in [0.5, 0.6) is 0 Å². The molecule has 3 aromatic rings. The van der Waals surface area contributed by atoms with Crippen LogP contribution in [-0.4, -0.2) is 28.2 Å². The summed E-state index contributed by atoms with van der Waals surface area (Å²) in [5, 5.41) is 10.7. The summed E-state index contributed by atoms with van der Waals surface area (Å²) in [6, 6.07) is 15.2. The second-order valence-corrected chi connectivity index (χ2v) is 8.32. The molecule has 0 aliphatic heterocycles. The monoisotopic (exact) mass is 481 g/mol. The maximum Gasteiger partial charge on any atom is 0.257 e. The lowest BCUT2D eigenvalue weighted by Gasteiger charge is -2.12. The SMILES string of the molecule is CCn1nc(C)c(CCN=C(NC(=O)c2cccc(C)c2)Nc2cccc(Br)c2)c1C. The predicted molar refractivity (Wildman–Crippen MR) is 130 cm³/mol. The van der Waals surface area contributed by atoms with Crippen LogP contribution in [-0.2, 0) is 13.0 Å². The molecule has 0 spiro atoms. The van der Waals surface area contributed by atoms with Crippen LogP contribution >= 0.6 is 15.9 Å². The second-order valence-electron chi connectivity index (χ2n) is 7.40. The zero-order valence-electron chi connectivity index (χ0n) is 18.4. The predicted octanol–water partition coefficient (Wildman–Crippen LogP) is 5.03. The van der Waals surface area contributed by atoms with Crippen LogP contribution in [0.1, 0.15) is 39.8 Å². The molecule has 162 valence electrons. The lowest BCUT2D eigenvalue weighted by molar-refractivity contribution is 0.0977. The van der Waals surface area contributed by atoms with Gasteiger partial charge in [0.15, 0.2) is 0 Å². The van der Waals surface area contributed by atoms with Crippen LogP contribution in [0.25, 0.3) is 0 Å². The van der Waals surface area contributed by atoms with Gasteiger partial charge in [-0.2, -0.15) is 5.10 Å². The summed E-state index contributed by atoms with van der Waals surface area (Å²) in [6.07, 6.45) is 0.752. The standard InChI is InChI=1S/C24H28BrN5O/c1-5-30-18(4)22(17(3)29-30)12-13-26-24(27-21-11-7-10-20(25)15-21)28-23(31)19-9-6-8-16(2)14-19/h6-11,14-15H,5,12-13H2,1-4H3,(H2,26,27,28,31). The van der Waals surface area contributed by atoms with Crippen molar-refractivity contribution in [2.24, 2.45) is 4.99 Å². The number of hydrogen-bond donors (Lipinski definition) is 2. The number of carbonyl (C=O) groups excluding carboxylic acids is 1. The molecule has 0 radical (unpaired) electrons. The van der Waals surface area contributed by atoms with E-state index in [0.717, 1.165) is 34.4 Å². The van der Waals surface area contributed by atoms with E-state index in [1.165, 1.54) is 11.3 Å². The largest absolute Gasteiger partial charge is 0.326 e. The number of aliphatic imine (C=N–C) groups is 1.